The van der Waals surface area contributed by atoms with Crippen LogP contribution in [0.15, 0.2) is 60.9 Å². The molecule has 7 heteroatoms. The van der Waals surface area contributed by atoms with E-state index < -0.39 is 5.82 Å². The van der Waals surface area contributed by atoms with E-state index in [0.717, 1.165) is 17.2 Å². The zero-order valence-electron chi connectivity index (χ0n) is 13.9. The van der Waals surface area contributed by atoms with Gasteiger partial charge in [-0.3, -0.25) is 9.48 Å². The summed E-state index contributed by atoms with van der Waals surface area (Å²) in [6.07, 6.45) is 3.61. The van der Waals surface area contributed by atoms with Crippen LogP contribution in [-0.4, -0.2) is 22.3 Å². The molecule has 1 N–H and O–H groups in total. The summed E-state index contributed by atoms with van der Waals surface area (Å²) < 4.78 is 20.2. The SMILES string of the molecule is O=C(COc1ccc(F)cc1Cl)NCc1ccccc1Cn1cccn1. The summed E-state index contributed by atoms with van der Waals surface area (Å²) in [6, 6.07) is 13.4. The van der Waals surface area contributed by atoms with Gasteiger partial charge in [0.1, 0.15) is 11.6 Å². The third kappa shape index (κ3) is 4.83. The van der Waals surface area contributed by atoms with Gasteiger partial charge in [0, 0.05) is 18.9 Å². The molecular weight excluding hydrogens is 357 g/mol. The molecule has 0 radical (unpaired) electrons. The molecule has 26 heavy (non-hydrogen) atoms. The first-order valence-corrected chi connectivity index (χ1v) is 8.38. The molecule has 0 fully saturated rings. The van der Waals surface area contributed by atoms with Crippen LogP contribution in [0.2, 0.25) is 5.02 Å². The molecule has 3 aromatic rings. The van der Waals surface area contributed by atoms with Crippen LogP contribution in [0, 0.1) is 5.82 Å². The summed E-state index contributed by atoms with van der Waals surface area (Å²) in [5.41, 5.74) is 2.06. The Morgan fingerprint density at radius 3 is 2.73 bits per heavy atom. The number of ether oxygens (including phenoxy) is 1. The average Bonchev–Trinajstić information content (AvgIpc) is 3.13. The van der Waals surface area contributed by atoms with Crippen molar-refractivity contribution in [2.75, 3.05) is 6.61 Å². The standard InChI is InChI=1S/C19H17ClFN3O2/c20-17-10-16(21)6-7-18(17)26-13-19(25)22-11-14-4-1-2-5-15(14)12-24-9-3-8-23-24/h1-10H,11-13H2,(H,22,25). The van der Waals surface area contributed by atoms with Crippen LogP contribution in [0.5, 0.6) is 5.75 Å². The van der Waals surface area contributed by atoms with E-state index in [4.69, 9.17) is 16.3 Å². The molecule has 1 heterocycles. The quantitative estimate of drug-likeness (QED) is 0.690. The fraction of sp³-hybridized carbons (Fsp3) is 0.158. The van der Waals surface area contributed by atoms with Crippen molar-refractivity contribution in [3.8, 4) is 5.75 Å². The number of nitrogens with one attached hydrogen (secondary N) is 1. The first kappa shape index (κ1) is 17.9. The van der Waals surface area contributed by atoms with E-state index in [1.807, 2.05) is 41.2 Å². The fourth-order valence-electron chi connectivity index (χ4n) is 2.43. The largest absolute Gasteiger partial charge is 0.482 e. The predicted octanol–water partition coefficient (Wildman–Crippen LogP) is 3.42. The van der Waals surface area contributed by atoms with E-state index in [1.54, 1.807) is 6.20 Å². The molecule has 0 aliphatic rings. The molecule has 1 aromatic heterocycles. The highest BCUT2D eigenvalue weighted by atomic mass is 35.5. The zero-order valence-corrected chi connectivity index (χ0v) is 14.6. The van der Waals surface area contributed by atoms with E-state index in [2.05, 4.69) is 10.4 Å². The number of carbonyl (C=O) groups is 1. The Morgan fingerprint density at radius 1 is 1.19 bits per heavy atom. The first-order chi connectivity index (χ1) is 12.6. The molecule has 0 atom stereocenters. The minimum absolute atomic E-state index is 0.127. The number of nitrogens with zero attached hydrogens (tertiary/aromatic N) is 2. The molecule has 0 spiro atoms. The molecule has 0 saturated heterocycles. The van der Waals surface area contributed by atoms with Crippen LogP contribution >= 0.6 is 11.6 Å². The van der Waals surface area contributed by atoms with Crippen LogP contribution in [0.1, 0.15) is 11.1 Å². The summed E-state index contributed by atoms with van der Waals surface area (Å²) in [7, 11) is 0. The van der Waals surface area contributed by atoms with Gasteiger partial charge in [0.25, 0.3) is 5.91 Å². The minimum atomic E-state index is -0.458. The number of halogens is 2. The Balaban J connectivity index is 1.54. The number of aromatic nitrogens is 2. The molecule has 2 aromatic carbocycles. The van der Waals surface area contributed by atoms with Crippen LogP contribution < -0.4 is 10.1 Å². The Bertz CT molecular complexity index is 884. The number of rotatable bonds is 7. The van der Waals surface area contributed by atoms with Crippen molar-refractivity contribution < 1.29 is 13.9 Å². The van der Waals surface area contributed by atoms with Gasteiger partial charge in [-0.1, -0.05) is 35.9 Å². The Kier molecular flexibility index (Phi) is 5.86. The Labute approximate surface area is 155 Å². The van der Waals surface area contributed by atoms with E-state index >= 15 is 0 Å². The third-order valence-corrected chi connectivity index (χ3v) is 4.03. The van der Waals surface area contributed by atoms with Gasteiger partial charge in [-0.05, 0) is 35.4 Å². The Hall–Kier alpha value is -2.86. The van der Waals surface area contributed by atoms with E-state index in [1.165, 1.54) is 12.1 Å². The van der Waals surface area contributed by atoms with Crippen molar-refractivity contribution in [2.45, 2.75) is 13.1 Å². The molecule has 0 aliphatic carbocycles. The number of carbonyl (C=O) groups excluding carboxylic acids is 1. The summed E-state index contributed by atoms with van der Waals surface area (Å²) in [5.74, 6) is -0.484. The van der Waals surface area contributed by atoms with Gasteiger partial charge in [0.05, 0.1) is 11.6 Å². The summed E-state index contributed by atoms with van der Waals surface area (Å²) in [6.45, 7) is 0.796. The fourth-order valence-corrected chi connectivity index (χ4v) is 2.65. The van der Waals surface area contributed by atoms with Gasteiger partial charge in [-0.15, -0.1) is 0 Å². The summed E-state index contributed by atoms with van der Waals surface area (Å²) in [5, 5.41) is 7.13. The summed E-state index contributed by atoms with van der Waals surface area (Å²) in [4.78, 5) is 12.0. The maximum atomic E-state index is 13.0. The molecule has 134 valence electrons. The molecule has 1 amide bonds. The second kappa shape index (κ2) is 8.49. The zero-order chi connectivity index (χ0) is 18.4. The monoisotopic (exact) mass is 373 g/mol. The number of hydrogen-bond donors (Lipinski definition) is 1. The van der Waals surface area contributed by atoms with E-state index in [-0.39, 0.29) is 23.3 Å². The van der Waals surface area contributed by atoms with Crippen molar-refractivity contribution in [2.24, 2.45) is 0 Å². The predicted molar refractivity (Wildman–Crippen MR) is 96.5 cm³/mol. The van der Waals surface area contributed by atoms with Gasteiger partial charge in [0.2, 0.25) is 0 Å². The second-order valence-corrected chi connectivity index (χ2v) is 6.02. The van der Waals surface area contributed by atoms with Gasteiger partial charge in [0.15, 0.2) is 6.61 Å². The van der Waals surface area contributed by atoms with Crippen LogP contribution in [-0.2, 0) is 17.9 Å². The van der Waals surface area contributed by atoms with Gasteiger partial charge < -0.3 is 10.1 Å². The van der Waals surface area contributed by atoms with Gasteiger partial charge >= 0.3 is 0 Å². The van der Waals surface area contributed by atoms with Gasteiger partial charge in [-0.2, -0.15) is 5.10 Å². The second-order valence-electron chi connectivity index (χ2n) is 5.61. The molecule has 5 nitrogen and oxygen atoms in total. The lowest BCUT2D eigenvalue weighted by molar-refractivity contribution is -0.123. The van der Waals surface area contributed by atoms with Crippen molar-refractivity contribution in [3.05, 3.63) is 82.9 Å². The topological polar surface area (TPSA) is 56.1 Å². The molecule has 0 unspecified atom stereocenters. The van der Waals surface area contributed by atoms with Crippen LogP contribution in [0.4, 0.5) is 4.39 Å². The molecule has 0 saturated carbocycles. The first-order valence-electron chi connectivity index (χ1n) is 8.00. The average molecular weight is 374 g/mol. The highest BCUT2D eigenvalue weighted by Crippen LogP contribution is 2.24. The normalized spacial score (nSPS) is 10.5. The number of hydrogen-bond acceptors (Lipinski definition) is 3. The smallest absolute Gasteiger partial charge is 0.258 e. The maximum Gasteiger partial charge on any atom is 0.258 e. The number of amides is 1. The molecule has 0 bridgehead atoms. The Morgan fingerprint density at radius 2 is 2.00 bits per heavy atom. The minimum Gasteiger partial charge on any atom is -0.482 e. The lowest BCUT2D eigenvalue weighted by Gasteiger charge is -2.12. The third-order valence-electron chi connectivity index (χ3n) is 3.74. The van der Waals surface area contributed by atoms with Crippen molar-refractivity contribution >= 4 is 17.5 Å². The van der Waals surface area contributed by atoms with E-state index in [9.17, 15) is 9.18 Å². The lowest BCUT2D eigenvalue weighted by Crippen LogP contribution is -2.29. The summed E-state index contributed by atoms with van der Waals surface area (Å²) >= 11 is 5.87. The molecule has 0 aliphatic heterocycles. The number of benzene rings is 2. The van der Waals surface area contributed by atoms with Gasteiger partial charge in [-0.25, -0.2) is 4.39 Å². The molecular formula is C19H17ClFN3O2. The van der Waals surface area contributed by atoms with E-state index in [0.29, 0.717) is 13.1 Å². The maximum absolute atomic E-state index is 13.0. The highest BCUT2D eigenvalue weighted by Gasteiger charge is 2.08. The highest BCUT2D eigenvalue weighted by molar-refractivity contribution is 6.32. The molecule has 3 rings (SSSR count). The van der Waals surface area contributed by atoms with Crippen LogP contribution in [0.25, 0.3) is 0 Å². The van der Waals surface area contributed by atoms with Crippen molar-refractivity contribution in [1.29, 1.82) is 0 Å². The lowest BCUT2D eigenvalue weighted by atomic mass is 10.1. The van der Waals surface area contributed by atoms with Crippen molar-refractivity contribution in [1.82, 2.24) is 15.1 Å². The van der Waals surface area contributed by atoms with Crippen LogP contribution in [0.3, 0.4) is 0 Å². The van der Waals surface area contributed by atoms with Crippen molar-refractivity contribution in [3.63, 3.8) is 0 Å².